The monoisotopic (exact) mass is 597 g/mol. The Bertz CT molecular complexity index is 1700. The summed E-state index contributed by atoms with van der Waals surface area (Å²) in [5.74, 6) is 0.585. The summed E-state index contributed by atoms with van der Waals surface area (Å²) in [7, 11) is -3.90. The van der Waals surface area contributed by atoms with E-state index in [9.17, 15) is 13.2 Å². The Kier molecular flexibility index (Phi) is 8.52. The van der Waals surface area contributed by atoms with Crippen LogP contribution < -0.4 is 14.8 Å². The molecule has 2 heterocycles. The number of hydrogen-bond acceptors (Lipinski definition) is 5. The summed E-state index contributed by atoms with van der Waals surface area (Å²) in [6, 6.07) is 28.5. The minimum absolute atomic E-state index is 0.0354. The van der Waals surface area contributed by atoms with Crippen molar-refractivity contribution >= 4 is 26.7 Å². The molecule has 8 heteroatoms. The van der Waals surface area contributed by atoms with Gasteiger partial charge in [-0.05, 0) is 66.8 Å². The molecule has 1 saturated heterocycles. The van der Waals surface area contributed by atoms with E-state index in [2.05, 4.69) is 47.0 Å². The van der Waals surface area contributed by atoms with Crippen LogP contribution in [-0.2, 0) is 21.4 Å². The lowest BCUT2D eigenvalue weighted by molar-refractivity contribution is -0.122. The van der Waals surface area contributed by atoms with Crippen LogP contribution in [0.25, 0.3) is 10.8 Å². The second kappa shape index (κ2) is 12.5. The number of benzene rings is 4. The van der Waals surface area contributed by atoms with Crippen LogP contribution in [-0.4, -0.2) is 37.9 Å². The number of ether oxygens (including phenoxy) is 1. The predicted octanol–water partition coefficient (Wildman–Crippen LogP) is 6.26. The molecule has 0 aromatic heterocycles. The highest BCUT2D eigenvalue weighted by atomic mass is 32.2. The fourth-order valence-corrected chi connectivity index (χ4v) is 7.65. The molecule has 1 amide bonds. The van der Waals surface area contributed by atoms with Crippen molar-refractivity contribution in [2.24, 2.45) is 0 Å². The van der Waals surface area contributed by atoms with Crippen molar-refractivity contribution in [3.63, 3.8) is 0 Å². The molecule has 0 spiro atoms. The first-order valence-corrected chi connectivity index (χ1v) is 16.6. The zero-order valence-corrected chi connectivity index (χ0v) is 25.5. The fraction of sp³-hybridized carbons (Fsp3) is 0.343. The lowest BCUT2D eigenvalue weighted by Gasteiger charge is -2.29. The number of likely N-dealkylation sites (tertiary alicyclic amines) is 1. The fourth-order valence-electron chi connectivity index (χ4n) is 6.39. The van der Waals surface area contributed by atoms with Crippen molar-refractivity contribution in [2.75, 3.05) is 6.61 Å². The lowest BCUT2D eigenvalue weighted by Crippen LogP contribution is -2.36. The van der Waals surface area contributed by atoms with Gasteiger partial charge in [0.15, 0.2) is 0 Å². The Morgan fingerprint density at radius 3 is 2.37 bits per heavy atom. The summed E-state index contributed by atoms with van der Waals surface area (Å²) in [4.78, 5) is 16.2. The van der Waals surface area contributed by atoms with Crippen molar-refractivity contribution in [2.45, 2.75) is 75.1 Å². The van der Waals surface area contributed by atoms with Crippen LogP contribution in [0.15, 0.2) is 95.9 Å². The average molecular weight is 598 g/mol. The Morgan fingerprint density at radius 2 is 1.60 bits per heavy atom. The molecule has 2 N–H and O–H groups in total. The van der Waals surface area contributed by atoms with E-state index in [0.29, 0.717) is 25.1 Å². The number of hydrogen-bond donors (Lipinski definition) is 2. The third kappa shape index (κ3) is 6.61. The molecule has 2 aliphatic heterocycles. The summed E-state index contributed by atoms with van der Waals surface area (Å²) in [6.45, 7) is 5.96. The molecule has 224 valence electrons. The molecule has 0 bridgehead atoms. The van der Waals surface area contributed by atoms with Gasteiger partial charge in [-0.1, -0.05) is 72.8 Å². The Morgan fingerprint density at radius 1 is 0.884 bits per heavy atom. The largest absolute Gasteiger partial charge is 0.493 e. The predicted molar refractivity (Wildman–Crippen MR) is 169 cm³/mol. The van der Waals surface area contributed by atoms with E-state index in [4.69, 9.17) is 4.74 Å². The number of nitrogens with zero attached hydrogens (tertiary/aromatic N) is 1. The molecular weight excluding hydrogens is 558 g/mol. The van der Waals surface area contributed by atoms with Crippen LogP contribution in [0.1, 0.15) is 68.3 Å². The minimum atomic E-state index is -3.90. The molecule has 4 aromatic carbocycles. The molecule has 2 aliphatic rings. The van der Waals surface area contributed by atoms with Crippen LogP contribution in [0.5, 0.6) is 5.75 Å². The topological polar surface area (TPSA) is 87.7 Å². The lowest BCUT2D eigenvalue weighted by atomic mass is 9.97. The van der Waals surface area contributed by atoms with Gasteiger partial charge in [0, 0.05) is 37.0 Å². The second-order valence-corrected chi connectivity index (χ2v) is 13.6. The Labute approximate surface area is 254 Å². The molecule has 7 nitrogen and oxygen atoms in total. The summed E-state index contributed by atoms with van der Waals surface area (Å²) in [5, 5.41) is 4.97. The first-order chi connectivity index (χ1) is 20.8. The Balaban J connectivity index is 1.17. The third-order valence-electron chi connectivity index (χ3n) is 8.87. The van der Waals surface area contributed by atoms with Crippen LogP contribution in [0.2, 0.25) is 0 Å². The highest BCUT2D eigenvalue weighted by Gasteiger charge is 2.30. The molecule has 2 unspecified atom stereocenters. The van der Waals surface area contributed by atoms with Crippen molar-refractivity contribution in [3.05, 3.63) is 108 Å². The molecule has 43 heavy (non-hydrogen) atoms. The highest BCUT2D eigenvalue weighted by molar-refractivity contribution is 7.89. The van der Waals surface area contributed by atoms with Crippen LogP contribution >= 0.6 is 0 Å². The van der Waals surface area contributed by atoms with Gasteiger partial charge in [0.05, 0.1) is 23.6 Å². The van der Waals surface area contributed by atoms with E-state index >= 15 is 0 Å². The highest BCUT2D eigenvalue weighted by Crippen LogP contribution is 2.35. The molecule has 4 aromatic rings. The quantitative estimate of drug-likeness (QED) is 0.238. The molecular formula is C35H39N3O4S. The molecule has 0 aliphatic carbocycles. The smallest absolute Gasteiger partial charge is 0.241 e. The van der Waals surface area contributed by atoms with E-state index in [0.717, 1.165) is 34.2 Å². The number of carbonyl (C=O) groups excluding carboxylic acids is 1. The zero-order chi connectivity index (χ0) is 30.0. The van der Waals surface area contributed by atoms with Gasteiger partial charge in [-0.3, -0.25) is 9.69 Å². The van der Waals surface area contributed by atoms with Gasteiger partial charge in [-0.2, -0.15) is 0 Å². The number of nitrogens with one attached hydrogen (secondary N) is 2. The number of amides is 1. The van der Waals surface area contributed by atoms with Crippen LogP contribution in [0.3, 0.4) is 0 Å². The van der Waals surface area contributed by atoms with Crippen molar-refractivity contribution in [3.8, 4) is 5.75 Å². The van der Waals surface area contributed by atoms with Gasteiger partial charge in [-0.25, -0.2) is 13.1 Å². The van der Waals surface area contributed by atoms with Gasteiger partial charge in [0.1, 0.15) is 5.75 Å². The molecule has 0 radical (unpaired) electrons. The normalized spacial score (nSPS) is 21.2. The number of sulfonamides is 1. The van der Waals surface area contributed by atoms with Gasteiger partial charge in [0.2, 0.25) is 15.9 Å². The maximum Gasteiger partial charge on any atom is 0.241 e. The third-order valence-corrected chi connectivity index (χ3v) is 10.3. The van der Waals surface area contributed by atoms with Gasteiger partial charge in [0.25, 0.3) is 0 Å². The second-order valence-electron chi connectivity index (χ2n) is 11.9. The average Bonchev–Trinajstić information content (AvgIpc) is 3.33. The van der Waals surface area contributed by atoms with Crippen molar-refractivity contribution < 1.29 is 17.9 Å². The maximum absolute atomic E-state index is 13.5. The SMILES string of the molecule is C[C@@H]1CC[C@@H](C)N1Cc1ccc2c(c1)OCCC2NC(=O)CC(NS(=O)(=O)c1ccc2ccccc2c1)c1ccccc1. The van der Waals surface area contributed by atoms with Crippen molar-refractivity contribution in [1.29, 1.82) is 0 Å². The molecule has 6 rings (SSSR count). The zero-order valence-electron chi connectivity index (χ0n) is 24.7. The molecule has 0 saturated carbocycles. The Hall–Kier alpha value is -3.72. The van der Waals surface area contributed by atoms with Gasteiger partial charge in [-0.15, -0.1) is 0 Å². The summed E-state index contributed by atoms with van der Waals surface area (Å²) < 4.78 is 35.9. The first kappa shape index (κ1) is 29.4. The van der Waals surface area contributed by atoms with E-state index < -0.39 is 16.1 Å². The van der Waals surface area contributed by atoms with Crippen LogP contribution in [0, 0.1) is 0 Å². The van der Waals surface area contributed by atoms with Gasteiger partial charge >= 0.3 is 0 Å². The molecule has 1 fully saturated rings. The van der Waals surface area contributed by atoms with E-state index in [1.54, 1.807) is 18.2 Å². The number of rotatable bonds is 9. The van der Waals surface area contributed by atoms with E-state index in [1.807, 2.05) is 54.6 Å². The maximum atomic E-state index is 13.5. The summed E-state index contributed by atoms with van der Waals surface area (Å²) >= 11 is 0. The first-order valence-electron chi connectivity index (χ1n) is 15.1. The van der Waals surface area contributed by atoms with E-state index in [1.165, 1.54) is 18.4 Å². The van der Waals surface area contributed by atoms with Gasteiger partial charge < -0.3 is 10.1 Å². The number of fused-ring (bicyclic) bond motifs is 2. The van der Waals surface area contributed by atoms with Crippen LogP contribution in [0.4, 0.5) is 0 Å². The summed E-state index contributed by atoms with van der Waals surface area (Å²) in [6.07, 6.45) is 3.06. The standard InChI is InChI=1S/C35H39N3O4S/c1-24-12-13-25(2)38(24)23-26-14-17-31-32(18-19-42-34(31)20-26)36-35(39)22-33(28-9-4-3-5-10-28)37-43(40,41)30-16-15-27-8-6-7-11-29(27)21-30/h3-11,14-17,20-21,24-25,32-33,37H,12-13,18-19,22-23H2,1-2H3,(H,36,39)/t24-,25-,32?,33?/m1/s1. The molecule has 4 atom stereocenters. The minimum Gasteiger partial charge on any atom is -0.493 e. The number of carbonyl (C=O) groups is 1. The van der Waals surface area contributed by atoms with Crippen molar-refractivity contribution in [1.82, 2.24) is 14.9 Å². The van der Waals surface area contributed by atoms with E-state index in [-0.39, 0.29) is 23.3 Å². The summed E-state index contributed by atoms with van der Waals surface area (Å²) in [5.41, 5.74) is 2.89.